The van der Waals surface area contributed by atoms with Gasteiger partial charge in [-0.1, -0.05) is 20.8 Å². The summed E-state index contributed by atoms with van der Waals surface area (Å²) in [5, 5.41) is 13.6. The Kier molecular flexibility index (Phi) is 5.14. The summed E-state index contributed by atoms with van der Waals surface area (Å²) in [6, 6.07) is 0.700. The Balaban J connectivity index is 1.93. The van der Waals surface area contributed by atoms with Gasteiger partial charge >= 0.3 is 0 Å². The SMILES string of the molecule is CCNC(CO)(CN(C)C1CCC(C)(C)CC1)C1CC1. The number of nitrogens with one attached hydrogen (secondary N) is 1. The molecule has 2 saturated carbocycles. The van der Waals surface area contributed by atoms with Crippen LogP contribution in [0.1, 0.15) is 59.3 Å². The molecular weight excluding hydrogens is 248 g/mol. The number of rotatable bonds is 7. The van der Waals surface area contributed by atoms with E-state index < -0.39 is 0 Å². The van der Waals surface area contributed by atoms with Crippen molar-refractivity contribution < 1.29 is 5.11 Å². The molecule has 2 aliphatic rings. The van der Waals surface area contributed by atoms with E-state index in [4.69, 9.17) is 0 Å². The smallest absolute Gasteiger partial charge is 0.0628 e. The average molecular weight is 282 g/mol. The van der Waals surface area contributed by atoms with E-state index >= 15 is 0 Å². The molecule has 1 atom stereocenters. The predicted octanol–water partition coefficient (Wildman–Crippen LogP) is 2.64. The summed E-state index contributed by atoms with van der Waals surface area (Å²) in [7, 11) is 2.26. The molecule has 0 radical (unpaired) electrons. The summed E-state index contributed by atoms with van der Waals surface area (Å²) in [4.78, 5) is 2.52. The molecule has 0 aromatic carbocycles. The first-order valence-corrected chi connectivity index (χ1v) is 8.48. The van der Waals surface area contributed by atoms with Crippen molar-refractivity contribution in [3.8, 4) is 0 Å². The average Bonchev–Trinajstić information content (AvgIpc) is 3.22. The second kappa shape index (κ2) is 6.33. The minimum atomic E-state index is -0.0591. The highest BCUT2D eigenvalue weighted by Crippen LogP contribution is 2.41. The molecule has 2 fully saturated rings. The van der Waals surface area contributed by atoms with Gasteiger partial charge in [0.1, 0.15) is 0 Å². The highest BCUT2D eigenvalue weighted by Gasteiger charge is 2.45. The Bertz CT molecular complexity index is 304. The van der Waals surface area contributed by atoms with Gasteiger partial charge in [0, 0.05) is 12.6 Å². The third-order valence-corrected chi connectivity index (χ3v) is 5.63. The molecule has 0 aromatic heterocycles. The van der Waals surface area contributed by atoms with Gasteiger partial charge in [-0.3, -0.25) is 0 Å². The second-order valence-corrected chi connectivity index (χ2v) is 7.93. The molecule has 0 amide bonds. The van der Waals surface area contributed by atoms with Crippen molar-refractivity contribution in [2.24, 2.45) is 11.3 Å². The number of hydrogen-bond acceptors (Lipinski definition) is 3. The lowest BCUT2D eigenvalue weighted by atomic mass is 9.75. The standard InChI is InChI=1S/C17H34N2O/c1-5-18-17(13-20,14-6-7-14)12-19(4)15-8-10-16(2,3)11-9-15/h14-15,18,20H,5-13H2,1-4H3. The first-order valence-electron chi connectivity index (χ1n) is 8.48. The summed E-state index contributed by atoms with van der Waals surface area (Å²) >= 11 is 0. The number of likely N-dealkylation sites (N-methyl/N-ethyl adjacent to an activating group) is 2. The highest BCUT2D eigenvalue weighted by atomic mass is 16.3. The fraction of sp³-hybridized carbons (Fsp3) is 1.00. The van der Waals surface area contributed by atoms with Gasteiger partial charge in [-0.2, -0.15) is 0 Å². The lowest BCUT2D eigenvalue weighted by Gasteiger charge is -2.43. The van der Waals surface area contributed by atoms with Crippen molar-refractivity contribution in [3.63, 3.8) is 0 Å². The molecule has 0 saturated heterocycles. The molecule has 0 spiro atoms. The molecule has 20 heavy (non-hydrogen) atoms. The van der Waals surface area contributed by atoms with Crippen LogP contribution in [-0.4, -0.2) is 48.3 Å². The number of nitrogens with zero attached hydrogens (tertiary/aromatic N) is 1. The van der Waals surface area contributed by atoms with Crippen molar-refractivity contribution in [3.05, 3.63) is 0 Å². The Hall–Kier alpha value is -0.120. The minimum absolute atomic E-state index is 0.0591. The van der Waals surface area contributed by atoms with Crippen LogP contribution < -0.4 is 5.32 Å². The van der Waals surface area contributed by atoms with Gasteiger partial charge in [0.2, 0.25) is 0 Å². The maximum Gasteiger partial charge on any atom is 0.0628 e. The summed E-state index contributed by atoms with van der Waals surface area (Å²) in [5.41, 5.74) is 0.472. The van der Waals surface area contributed by atoms with Crippen molar-refractivity contribution in [1.29, 1.82) is 0 Å². The molecule has 0 bridgehead atoms. The van der Waals surface area contributed by atoms with Gasteiger partial charge in [-0.05, 0) is 63.5 Å². The van der Waals surface area contributed by atoms with Crippen LogP contribution in [-0.2, 0) is 0 Å². The van der Waals surface area contributed by atoms with E-state index in [-0.39, 0.29) is 12.1 Å². The van der Waals surface area contributed by atoms with Crippen LogP contribution in [0.2, 0.25) is 0 Å². The molecule has 0 aliphatic heterocycles. The van der Waals surface area contributed by atoms with Gasteiger partial charge in [-0.15, -0.1) is 0 Å². The number of aliphatic hydroxyl groups excluding tert-OH is 1. The third-order valence-electron chi connectivity index (χ3n) is 5.63. The predicted molar refractivity (Wildman–Crippen MR) is 84.9 cm³/mol. The lowest BCUT2D eigenvalue weighted by molar-refractivity contribution is 0.0607. The van der Waals surface area contributed by atoms with Crippen LogP contribution >= 0.6 is 0 Å². The topological polar surface area (TPSA) is 35.5 Å². The van der Waals surface area contributed by atoms with E-state index in [0.29, 0.717) is 17.4 Å². The van der Waals surface area contributed by atoms with E-state index in [0.717, 1.165) is 13.1 Å². The number of aliphatic hydroxyl groups is 1. The van der Waals surface area contributed by atoms with E-state index in [2.05, 4.69) is 38.0 Å². The van der Waals surface area contributed by atoms with Crippen molar-refractivity contribution in [2.75, 3.05) is 26.7 Å². The molecule has 0 heterocycles. The molecule has 3 nitrogen and oxygen atoms in total. The van der Waals surface area contributed by atoms with Crippen LogP contribution in [0.15, 0.2) is 0 Å². The fourth-order valence-electron chi connectivity index (χ4n) is 3.95. The van der Waals surface area contributed by atoms with Crippen LogP contribution in [0.5, 0.6) is 0 Å². The molecule has 3 heteroatoms. The Morgan fingerprint density at radius 3 is 2.25 bits per heavy atom. The monoisotopic (exact) mass is 282 g/mol. The second-order valence-electron chi connectivity index (χ2n) is 7.93. The normalized spacial score (nSPS) is 26.7. The van der Waals surface area contributed by atoms with Gasteiger partial charge in [-0.25, -0.2) is 0 Å². The summed E-state index contributed by atoms with van der Waals surface area (Å²) in [6.45, 7) is 9.15. The van der Waals surface area contributed by atoms with E-state index in [1.165, 1.54) is 38.5 Å². The zero-order valence-corrected chi connectivity index (χ0v) is 13.9. The largest absolute Gasteiger partial charge is 0.394 e. The Morgan fingerprint density at radius 2 is 1.80 bits per heavy atom. The molecule has 2 aliphatic carbocycles. The van der Waals surface area contributed by atoms with Crippen LogP contribution in [0.3, 0.4) is 0 Å². The summed E-state index contributed by atoms with van der Waals surface area (Å²) in [5.74, 6) is 0.676. The zero-order chi connectivity index (χ0) is 14.8. The van der Waals surface area contributed by atoms with Gasteiger partial charge in [0.05, 0.1) is 12.1 Å². The minimum Gasteiger partial charge on any atom is -0.394 e. The summed E-state index contributed by atoms with van der Waals surface area (Å²) in [6.07, 6.45) is 7.83. The van der Waals surface area contributed by atoms with Gasteiger partial charge < -0.3 is 15.3 Å². The third kappa shape index (κ3) is 3.75. The molecule has 118 valence electrons. The van der Waals surface area contributed by atoms with E-state index in [9.17, 15) is 5.11 Å². The maximum absolute atomic E-state index is 9.96. The van der Waals surface area contributed by atoms with Crippen molar-refractivity contribution in [1.82, 2.24) is 10.2 Å². The first-order chi connectivity index (χ1) is 9.42. The molecule has 1 unspecified atom stereocenters. The van der Waals surface area contributed by atoms with Gasteiger partial charge in [0.15, 0.2) is 0 Å². The summed E-state index contributed by atoms with van der Waals surface area (Å²) < 4.78 is 0. The van der Waals surface area contributed by atoms with Crippen molar-refractivity contribution >= 4 is 0 Å². The maximum atomic E-state index is 9.96. The first kappa shape index (κ1) is 16.3. The Morgan fingerprint density at radius 1 is 1.20 bits per heavy atom. The zero-order valence-electron chi connectivity index (χ0n) is 13.9. The molecular formula is C17H34N2O. The van der Waals surface area contributed by atoms with E-state index in [1.807, 2.05) is 0 Å². The van der Waals surface area contributed by atoms with Crippen LogP contribution in [0, 0.1) is 11.3 Å². The fourth-order valence-corrected chi connectivity index (χ4v) is 3.95. The van der Waals surface area contributed by atoms with E-state index in [1.54, 1.807) is 0 Å². The van der Waals surface area contributed by atoms with Crippen LogP contribution in [0.4, 0.5) is 0 Å². The van der Waals surface area contributed by atoms with Gasteiger partial charge in [0.25, 0.3) is 0 Å². The molecule has 2 rings (SSSR count). The highest BCUT2D eigenvalue weighted by molar-refractivity contribution is 5.03. The van der Waals surface area contributed by atoms with Crippen LogP contribution in [0.25, 0.3) is 0 Å². The Labute approximate surface area is 125 Å². The lowest BCUT2D eigenvalue weighted by Crippen LogP contribution is -2.59. The van der Waals surface area contributed by atoms with Crippen molar-refractivity contribution in [2.45, 2.75) is 70.9 Å². The number of hydrogen-bond donors (Lipinski definition) is 2. The molecule has 2 N–H and O–H groups in total. The quantitative estimate of drug-likeness (QED) is 0.753. The molecule has 0 aromatic rings.